The van der Waals surface area contributed by atoms with Gasteiger partial charge in [0.1, 0.15) is 5.75 Å². The van der Waals surface area contributed by atoms with E-state index in [2.05, 4.69) is 11.1 Å². The number of ether oxygens (including phenoxy) is 1. The van der Waals surface area contributed by atoms with Crippen LogP contribution < -0.4 is 10.5 Å². The number of hydrogen-bond donors (Lipinski definition) is 2. The highest BCUT2D eigenvalue weighted by molar-refractivity contribution is 5.88. The van der Waals surface area contributed by atoms with E-state index >= 15 is 0 Å². The molecular weight excluding hydrogens is 188 g/mol. The molecule has 0 saturated carbocycles. The van der Waals surface area contributed by atoms with Gasteiger partial charge in [-0.2, -0.15) is 0 Å². The molecule has 0 spiro atoms. The minimum Gasteiger partial charge on any atom is -0.495 e. The second kappa shape index (κ2) is 4.36. The minimum atomic E-state index is 0.733. The molecule has 0 aliphatic rings. The fraction of sp³-hybridized carbons (Fsp3) is 0.333. The van der Waals surface area contributed by atoms with E-state index in [9.17, 15) is 0 Å². The lowest BCUT2D eigenvalue weighted by molar-refractivity contribution is 0.419. The fourth-order valence-electron chi connectivity index (χ4n) is 1.85. The van der Waals surface area contributed by atoms with E-state index in [0.29, 0.717) is 0 Å². The highest BCUT2D eigenvalue weighted by atomic mass is 16.5. The third-order valence-corrected chi connectivity index (χ3v) is 2.63. The largest absolute Gasteiger partial charge is 0.495 e. The zero-order valence-corrected chi connectivity index (χ0v) is 8.92. The summed E-state index contributed by atoms with van der Waals surface area (Å²) in [6.07, 6.45) is 4.08. The second-order valence-electron chi connectivity index (χ2n) is 3.59. The third-order valence-electron chi connectivity index (χ3n) is 2.63. The van der Waals surface area contributed by atoms with Crippen LogP contribution in [0.5, 0.6) is 5.75 Å². The van der Waals surface area contributed by atoms with Gasteiger partial charge in [-0.25, -0.2) is 0 Å². The van der Waals surface area contributed by atoms with E-state index in [1.807, 2.05) is 18.3 Å². The van der Waals surface area contributed by atoms with Crippen molar-refractivity contribution in [1.82, 2.24) is 4.98 Å². The molecule has 2 rings (SSSR count). The Kier molecular flexibility index (Phi) is 2.92. The molecule has 1 aromatic carbocycles. The molecule has 3 N–H and O–H groups in total. The van der Waals surface area contributed by atoms with Crippen LogP contribution in [0.25, 0.3) is 10.9 Å². The first kappa shape index (κ1) is 10.1. The van der Waals surface area contributed by atoms with Crippen LogP contribution in [-0.2, 0) is 6.42 Å². The molecule has 3 heteroatoms. The molecule has 80 valence electrons. The van der Waals surface area contributed by atoms with Crippen molar-refractivity contribution >= 4 is 10.9 Å². The number of aromatic amines is 1. The molecular formula is C12H16N2O. The molecule has 2 aromatic rings. The summed E-state index contributed by atoms with van der Waals surface area (Å²) in [5.74, 6) is 0.895. The van der Waals surface area contributed by atoms with E-state index in [0.717, 1.165) is 30.7 Å². The maximum Gasteiger partial charge on any atom is 0.142 e. The first-order valence-corrected chi connectivity index (χ1v) is 5.20. The summed E-state index contributed by atoms with van der Waals surface area (Å²) >= 11 is 0. The monoisotopic (exact) mass is 204 g/mol. The van der Waals surface area contributed by atoms with Crippen LogP contribution in [0.1, 0.15) is 12.0 Å². The lowest BCUT2D eigenvalue weighted by Gasteiger charge is -2.01. The van der Waals surface area contributed by atoms with Gasteiger partial charge in [0.25, 0.3) is 0 Å². The number of methoxy groups -OCH3 is 1. The molecule has 0 aliphatic carbocycles. The molecule has 0 saturated heterocycles. The van der Waals surface area contributed by atoms with E-state index in [4.69, 9.17) is 10.5 Å². The molecule has 15 heavy (non-hydrogen) atoms. The number of nitrogens with one attached hydrogen (secondary N) is 1. The Bertz CT molecular complexity index is 448. The van der Waals surface area contributed by atoms with Crippen molar-refractivity contribution in [3.63, 3.8) is 0 Å². The smallest absolute Gasteiger partial charge is 0.142 e. The first-order chi connectivity index (χ1) is 7.36. The Morgan fingerprint density at radius 3 is 3.00 bits per heavy atom. The Morgan fingerprint density at radius 1 is 1.40 bits per heavy atom. The summed E-state index contributed by atoms with van der Waals surface area (Å²) in [6, 6.07) is 6.09. The summed E-state index contributed by atoms with van der Waals surface area (Å²) in [5, 5.41) is 1.24. The molecule has 0 atom stereocenters. The number of rotatable bonds is 4. The highest BCUT2D eigenvalue weighted by Crippen LogP contribution is 2.27. The van der Waals surface area contributed by atoms with Crippen LogP contribution >= 0.6 is 0 Å². The standard InChI is InChI=1S/C12H16N2O/c1-15-11-6-2-5-10-9(4-3-7-13)8-14-12(10)11/h2,5-6,8,14H,3-4,7,13H2,1H3. The number of hydrogen-bond acceptors (Lipinski definition) is 2. The van der Waals surface area contributed by atoms with Crippen molar-refractivity contribution in [3.05, 3.63) is 30.0 Å². The van der Waals surface area contributed by atoms with Gasteiger partial charge in [-0.15, -0.1) is 0 Å². The third kappa shape index (κ3) is 1.83. The van der Waals surface area contributed by atoms with Crippen LogP contribution in [0.2, 0.25) is 0 Å². The SMILES string of the molecule is COc1cccc2c(CCCN)c[nH]c12. The number of aromatic nitrogens is 1. The molecule has 0 bridgehead atoms. The first-order valence-electron chi connectivity index (χ1n) is 5.20. The molecule has 0 amide bonds. The number of H-pyrrole nitrogens is 1. The van der Waals surface area contributed by atoms with Crippen molar-refractivity contribution < 1.29 is 4.74 Å². The number of fused-ring (bicyclic) bond motifs is 1. The number of aryl methyl sites for hydroxylation is 1. The van der Waals surface area contributed by atoms with Crippen molar-refractivity contribution in [2.75, 3.05) is 13.7 Å². The van der Waals surface area contributed by atoms with E-state index in [1.54, 1.807) is 7.11 Å². The molecule has 0 unspecified atom stereocenters. The fourth-order valence-corrected chi connectivity index (χ4v) is 1.85. The summed E-state index contributed by atoms with van der Waals surface area (Å²) in [6.45, 7) is 0.733. The number of benzene rings is 1. The predicted octanol–water partition coefficient (Wildman–Crippen LogP) is 2.07. The van der Waals surface area contributed by atoms with Gasteiger partial charge in [0.05, 0.1) is 12.6 Å². The quantitative estimate of drug-likeness (QED) is 0.801. The molecule has 0 aliphatic heterocycles. The zero-order chi connectivity index (χ0) is 10.7. The van der Waals surface area contributed by atoms with Crippen molar-refractivity contribution in [2.45, 2.75) is 12.8 Å². The average molecular weight is 204 g/mol. The molecule has 3 nitrogen and oxygen atoms in total. The predicted molar refractivity (Wildman–Crippen MR) is 62.2 cm³/mol. The number of nitrogens with two attached hydrogens (primary N) is 1. The average Bonchev–Trinajstić information content (AvgIpc) is 2.69. The molecule has 0 fully saturated rings. The van der Waals surface area contributed by atoms with Crippen LogP contribution in [0.4, 0.5) is 0 Å². The van der Waals surface area contributed by atoms with Gasteiger partial charge in [0, 0.05) is 11.6 Å². The van der Waals surface area contributed by atoms with Crippen molar-refractivity contribution in [2.24, 2.45) is 5.73 Å². The molecule has 1 aromatic heterocycles. The van der Waals surface area contributed by atoms with Gasteiger partial charge >= 0.3 is 0 Å². The molecule has 1 heterocycles. The van der Waals surface area contributed by atoms with E-state index < -0.39 is 0 Å². The van der Waals surface area contributed by atoms with Crippen molar-refractivity contribution in [3.8, 4) is 5.75 Å². The molecule has 0 radical (unpaired) electrons. The Balaban J connectivity index is 2.42. The minimum absolute atomic E-state index is 0.733. The van der Waals surface area contributed by atoms with Crippen LogP contribution in [0.3, 0.4) is 0 Å². The summed E-state index contributed by atoms with van der Waals surface area (Å²) in [7, 11) is 1.69. The Morgan fingerprint density at radius 2 is 2.27 bits per heavy atom. The van der Waals surface area contributed by atoms with Crippen LogP contribution in [0, 0.1) is 0 Å². The van der Waals surface area contributed by atoms with Crippen molar-refractivity contribution in [1.29, 1.82) is 0 Å². The maximum absolute atomic E-state index is 5.51. The lowest BCUT2D eigenvalue weighted by atomic mass is 10.1. The van der Waals surface area contributed by atoms with Gasteiger partial charge in [-0.3, -0.25) is 0 Å². The maximum atomic E-state index is 5.51. The summed E-state index contributed by atoms with van der Waals surface area (Å²) in [5.41, 5.74) is 7.90. The lowest BCUT2D eigenvalue weighted by Crippen LogP contribution is -1.99. The second-order valence-corrected chi connectivity index (χ2v) is 3.59. The van der Waals surface area contributed by atoms with Gasteiger partial charge < -0.3 is 15.5 Å². The van der Waals surface area contributed by atoms with Gasteiger partial charge in [0.15, 0.2) is 0 Å². The van der Waals surface area contributed by atoms with Gasteiger partial charge in [-0.05, 0) is 31.0 Å². The zero-order valence-electron chi connectivity index (χ0n) is 8.92. The van der Waals surface area contributed by atoms with Crippen LogP contribution in [-0.4, -0.2) is 18.6 Å². The highest BCUT2D eigenvalue weighted by Gasteiger charge is 2.06. The van der Waals surface area contributed by atoms with Gasteiger partial charge in [-0.1, -0.05) is 12.1 Å². The van der Waals surface area contributed by atoms with Gasteiger partial charge in [0.2, 0.25) is 0 Å². The Hall–Kier alpha value is -1.48. The normalized spacial score (nSPS) is 10.8. The van der Waals surface area contributed by atoms with Crippen LogP contribution in [0.15, 0.2) is 24.4 Å². The topological polar surface area (TPSA) is 51.0 Å². The van der Waals surface area contributed by atoms with E-state index in [-0.39, 0.29) is 0 Å². The Labute approximate surface area is 89.2 Å². The number of para-hydroxylation sites is 1. The summed E-state index contributed by atoms with van der Waals surface area (Å²) < 4.78 is 5.29. The summed E-state index contributed by atoms with van der Waals surface area (Å²) in [4.78, 5) is 3.25. The van der Waals surface area contributed by atoms with E-state index in [1.165, 1.54) is 10.9 Å².